The summed E-state index contributed by atoms with van der Waals surface area (Å²) in [5.74, 6) is 0. The second kappa shape index (κ2) is 7.37. The Balaban J connectivity index is 4.17. The minimum Gasteiger partial charge on any atom is -0.428 e. The maximum atomic E-state index is 11.6. The van der Waals surface area contributed by atoms with Crippen LogP contribution in [0, 0.1) is 0 Å². The van der Waals surface area contributed by atoms with E-state index in [4.69, 9.17) is 4.74 Å². The van der Waals surface area contributed by atoms with Gasteiger partial charge in [0.2, 0.25) is 5.12 Å². The Kier molecular flexibility index (Phi) is 6.89. The predicted molar refractivity (Wildman–Crippen MR) is 73.0 cm³/mol. The van der Waals surface area contributed by atoms with E-state index in [1.807, 2.05) is 13.8 Å². The van der Waals surface area contributed by atoms with Crippen LogP contribution in [0.2, 0.25) is 0 Å². The fraction of sp³-hybridized carbons (Fsp3) is 0.750. The molecule has 0 aliphatic heterocycles. The highest BCUT2D eigenvalue weighted by Gasteiger charge is 2.23. The Morgan fingerprint density at radius 2 is 1.63 bits per heavy atom. The lowest BCUT2D eigenvalue weighted by Gasteiger charge is -2.19. The topological polar surface area (TPSA) is 81.7 Å². The van der Waals surface area contributed by atoms with E-state index in [1.54, 1.807) is 20.8 Å². The maximum absolute atomic E-state index is 11.6. The van der Waals surface area contributed by atoms with Crippen LogP contribution >= 0.6 is 11.8 Å². The van der Waals surface area contributed by atoms with Gasteiger partial charge in [-0.05, 0) is 27.7 Å². The lowest BCUT2D eigenvalue weighted by molar-refractivity contribution is -0.112. The first-order valence-corrected chi connectivity index (χ1v) is 6.81. The van der Waals surface area contributed by atoms with Gasteiger partial charge < -0.3 is 14.8 Å². The molecule has 7 heteroatoms. The molecule has 0 spiro atoms. The molecule has 0 aromatic carbocycles. The van der Waals surface area contributed by atoms with Gasteiger partial charge in [-0.1, -0.05) is 25.6 Å². The van der Waals surface area contributed by atoms with Crippen LogP contribution in [0.3, 0.4) is 0 Å². The summed E-state index contributed by atoms with van der Waals surface area (Å²) in [4.78, 5) is 34.1. The summed E-state index contributed by atoms with van der Waals surface area (Å²) in [7, 11) is 0. The zero-order valence-corrected chi connectivity index (χ0v) is 12.9. The first kappa shape index (κ1) is 17.8. The molecule has 0 aromatic heterocycles. The van der Waals surface area contributed by atoms with E-state index in [9.17, 15) is 14.4 Å². The summed E-state index contributed by atoms with van der Waals surface area (Å²) in [6.45, 7) is 10.2. The van der Waals surface area contributed by atoms with Crippen LogP contribution in [-0.4, -0.2) is 34.3 Å². The van der Waals surface area contributed by atoms with E-state index in [0.29, 0.717) is 0 Å². The van der Waals surface area contributed by atoms with Crippen molar-refractivity contribution in [2.45, 2.75) is 58.4 Å². The fourth-order valence-electron chi connectivity index (χ4n) is 0.946. The third kappa shape index (κ3) is 9.35. The van der Waals surface area contributed by atoms with Gasteiger partial charge in [0.15, 0.2) is 0 Å². The highest BCUT2D eigenvalue weighted by molar-refractivity contribution is 8.14. The molecular formula is C12H21NO5S. The monoisotopic (exact) mass is 291 g/mol. The Bertz CT molecular complexity index is 349. The first-order chi connectivity index (χ1) is 8.51. The van der Waals surface area contributed by atoms with Crippen LogP contribution < -0.4 is 5.32 Å². The molecule has 0 rings (SSSR count). The number of rotatable bonds is 3. The number of hydrogen-bond donors (Lipinski definition) is 1. The van der Waals surface area contributed by atoms with Crippen molar-refractivity contribution in [3.8, 4) is 0 Å². The van der Waals surface area contributed by atoms with Gasteiger partial charge in [-0.25, -0.2) is 9.59 Å². The standard InChI is InChI=1S/C12H21NO5S/c1-7(2)19-9(14)8(3)13-10(15)17-11(16)18-12(4,5)6/h7-8H,1-6H3,(H,13,15)/t8-/m0/s1. The summed E-state index contributed by atoms with van der Waals surface area (Å²) in [5.41, 5.74) is -0.744. The van der Waals surface area contributed by atoms with E-state index >= 15 is 0 Å². The van der Waals surface area contributed by atoms with Gasteiger partial charge in [0.25, 0.3) is 0 Å². The van der Waals surface area contributed by atoms with E-state index in [0.717, 1.165) is 11.8 Å². The average molecular weight is 291 g/mol. The average Bonchev–Trinajstić information content (AvgIpc) is 2.11. The quantitative estimate of drug-likeness (QED) is 0.636. The molecule has 0 aliphatic carbocycles. The van der Waals surface area contributed by atoms with Crippen molar-refractivity contribution in [2.75, 3.05) is 0 Å². The third-order valence-corrected chi connectivity index (χ3v) is 2.66. The van der Waals surface area contributed by atoms with Crippen LogP contribution in [0.5, 0.6) is 0 Å². The van der Waals surface area contributed by atoms with Crippen LogP contribution in [-0.2, 0) is 14.3 Å². The van der Waals surface area contributed by atoms with Gasteiger partial charge in [0, 0.05) is 5.25 Å². The molecule has 0 saturated heterocycles. The number of hydrogen-bond acceptors (Lipinski definition) is 6. The van der Waals surface area contributed by atoms with E-state index in [1.165, 1.54) is 6.92 Å². The number of ether oxygens (including phenoxy) is 2. The number of carbonyl (C=O) groups is 3. The normalized spacial score (nSPS) is 12.8. The van der Waals surface area contributed by atoms with Crippen LogP contribution in [0.1, 0.15) is 41.5 Å². The molecule has 0 aromatic rings. The Labute approximate surface area is 117 Å². The largest absolute Gasteiger partial charge is 0.517 e. The molecule has 1 N–H and O–H groups in total. The molecule has 0 saturated carbocycles. The van der Waals surface area contributed by atoms with Gasteiger partial charge in [-0.3, -0.25) is 4.79 Å². The van der Waals surface area contributed by atoms with Gasteiger partial charge in [0.1, 0.15) is 5.60 Å². The van der Waals surface area contributed by atoms with Crippen molar-refractivity contribution in [2.24, 2.45) is 0 Å². The van der Waals surface area contributed by atoms with Crippen molar-refractivity contribution >= 4 is 29.1 Å². The Hall–Kier alpha value is -1.24. The summed E-state index contributed by atoms with van der Waals surface area (Å²) in [6.07, 6.45) is -2.10. The van der Waals surface area contributed by atoms with Gasteiger partial charge >= 0.3 is 12.2 Å². The van der Waals surface area contributed by atoms with Crippen molar-refractivity contribution in [1.29, 1.82) is 0 Å². The zero-order valence-electron chi connectivity index (χ0n) is 12.1. The molecule has 0 aliphatic rings. The molecule has 19 heavy (non-hydrogen) atoms. The first-order valence-electron chi connectivity index (χ1n) is 5.93. The van der Waals surface area contributed by atoms with Crippen LogP contribution in [0.15, 0.2) is 0 Å². The highest BCUT2D eigenvalue weighted by atomic mass is 32.2. The molecule has 0 bridgehead atoms. The molecule has 1 amide bonds. The minimum atomic E-state index is -1.10. The maximum Gasteiger partial charge on any atom is 0.517 e. The zero-order chi connectivity index (χ0) is 15.2. The predicted octanol–water partition coefficient (Wildman–Crippen LogP) is 2.70. The van der Waals surface area contributed by atoms with Crippen LogP contribution in [0.25, 0.3) is 0 Å². The molecule has 6 nitrogen and oxygen atoms in total. The van der Waals surface area contributed by atoms with Crippen molar-refractivity contribution in [1.82, 2.24) is 5.32 Å². The lowest BCUT2D eigenvalue weighted by atomic mass is 10.2. The molecule has 0 heterocycles. The minimum absolute atomic E-state index is 0.124. The number of amides is 1. The number of alkyl carbamates (subject to hydrolysis) is 1. The van der Waals surface area contributed by atoms with Gasteiger partial charge in [-0.2, -0.15) is 0 Å². The van der Waals surface area contributed by atoms with Crippen LogP contribution in [0.4, 0.5) is 9.59 Å². The summed E-state index contributed by atoms with van der Waals surface area (Å²) < 4.78 is 9.18. The van der Waals surface area contributed by atoms with E-state index in [2.05, 4.69) is 10.1 Å². The third-order valence-electron chi connectivity index (χ3n) is 1.61. The van der Waals surface area contributed by atoms with Crippen molar-refractivity contribution in [3.63, 3.8) is 0 Å². The summed E-state index contributed by atoms with van der Waals surface area (Å²) in [6, 6.07) is -0.734. The molecule has 110 valence electrons. The smallest absolute Gasteiger partial charge is 0.428 e. The second-order valence-corrected chi connectivity index (χ2v) is 6.79. The molecule has 0 radical (unpaired) electrons. The Morgan fingerprint density at radius 3 is 2.05 bits per heavy atom. The molecular weight excluding hydrogens is 270 g/mol. The number of thioether (sulfide) groups is 1. The lowest BCUT2D eigenvalue weighted by Crippen LogP contribution is -2.39. The SMILES string of the molecule is CC(C)SC(=O)[C@H](C)NC(=O)OC(=O)OC(C)(C)C. The van der Waals surface area contributed by atoms with Crippen molar-refractivity contribution < 1.29 is 23.9 Å². The number of nitrogens with one attached hydrogen (secondary N) is 1. The fourth-order valence-corrected chi connectivity index (χ4v) is 1.67. The van der Waals surface area contributed by atoms with Crippen molar-refractivity contribution in [3.05, 3.63) is 0 Å². The van der Waals surface area contributed by atoms with Gasteiger partial charge in [-0.15, -0.1) is 0 Å². The number of carbonyl (C=O) groups excluding carboxylic acids is 3. The summed E-state index contributed by atoms with van der Waals surface area (Å²) in [5, 5.41) is 2.20. The highest BCUT2D eigenvalue weighted by Crippen LogP contribution is 2.13. The second-order valence-electron chi connectivity index (χ2n) is 5.21. The van der Waals surface area contributed by atoms with E-state index < -0.39 is 23.9 Å². The molecule has 0 fully saturated rings. The molecule has 1 atom stereocenters. The summed E-state index contributed by atoms with van der Waals surface area (Å²) >= 11 is 1.11. The molecule has 0 unspecified atom stereocenters. The van der Waals surface area contributed by atoms with E-state index in [-0.39, 0.29) is 10.4 Å². The Morgan fingerprint density at radius 1 is 1.11 bits per heavy atom. The van der Waals surface area contributed by atoms with Gasteiger partial charge in [0.05, 0.1) is 6.04 Å².